The lowest BCUT2D eigenvalue weighted by molar-refractivity contribution is -0.124. The number of aromatic nitrogens is 3. The monoisotopic (exact) mass is 445 g/mol. The van der Waals surface area contributed by atoms with E-state index in [9.17, 15) is 9.59 Å². The van der Waals surface area contributed by atoms with Gasteiger partial charge in [-0.15, -0.1) is 0 Å². The number of rotatable bonds is 5. The van der Waals surface area contributed by atoms with Crippen LogP contribution in [0.5, 0.6) is 0 Å². The molecule has 0 spiro atoms. The molecule has 0 radical (unpaired) electrons. The zero-order chi connectivity index (χ0) is 22.2. The van der Waals surface area contributed by atoms with E-state index in [0.717, 1.165) is 22.3 Å². The van der Waals surface area contributed by atoms with Crippen molar-refractivity contribution in [3.8, 4) is 0 Å². The summed E-state index contributed by atoms with van der Waals surface area (Å²) in [7, 11) is 0. The van der Waals surface area contributed by atoms with Gasteiger partial charge in [-0.3, -0.25) is 24.0 Å². The number of carbonyl (C=O) groups is 2. The molecule has 0 fully saturated rings. The van der Waals surface area contributed by atoms with Crippen molar-refractivity contribution in [1.82, 2.24) is 14.5 Å². The maximum Gasteiger partial charge on any atom is 0.253 e. The minimum absolute atomic E-state index is 0.0326. The first-order valence-corrected chi connectivity index (χ1v) is 10.6. The Kier molecular flexibility index (Phi) is 5.11. The number of nitrogens with zero attached hydrogens (tertiary/aromatic N) is 4. The zero-order valence-electron chi connectivity index (χ0n) is 17.3. The molecule has 2 amide bonds. The Morgan fingerprint density at radius 2 is 1.94 bits per heavy atom. The molecule has 3 heterocycles. The van der Waals surface area contributed by atoms with Crippen LogP contribution in [0.4, 0.5) is 11.6 Å². The van der Waals surface area contributed by atoms with Crippen molar-refractivity contribution in [2.45, 2.75) is 25.9 Å². The molecule has 32 heavy (non-hydrogen) atoms. The second-order valence-corrected chi connectivity index (χ2v) is 8.17. The van der Waals surface area contributed by atoms with Gasteiger partial charge in [0.2, 0.25) is 11.9 Å². The van der Waals surface area contributed by atoms with Gasteiger partial charge in [-0.25, -0.2) is 4.98 Å². The summed E-state index contributed by atoms with van der Waals surface area (Å²) in [6, 6.07) is 17.9. The van der Waals surface area contributed by atoms with E-state index in [1.165, 1.54) is 0 Å². The molecule has 2 aromatic heterocycles. The van der Waals surface area contributed by atoms with Gasteiger partial charge in [0.05, 0.1) is 40.4 Å². The summed E-state index contributed by atoms with van der Waals surface area (Å²) in [6.07, 6.45) is 1.66. The Balaban J connectivity index is 1.47. The quantitative estimate of drug-likeness (QED) is 0.490. The standard InChI is InChI=1S/C24H20ClN5O2/c1-15-9-10-18(17(25)12-15)27-22(31)13-21-23(32)29(14-16-6-4-5-11-26-16)24-28-19-7-2-3-8-20(19)30(21)24/h2-12,21H,13-14H2,1H3,(H,27,31). The smallest absolute Gasteiger partial charge is 0.253 e. The summed E-state index contributed by atoms with van der Waals surface area (Å²) in [5, 5.41) is 3.29. The summed E-state index contributed by atoms with van der Waals surface area (Å²) in [5.74, 6) is 0.0413. The summed E-state index contributed by atoms with van der Waals surface area (Å²) < 4.78 is 1.84. The maximum atomic E-state index is 13.4. The van der Waals surface area contributed by atoms with E-state index in [4.69, 9.17) is 11.6 Å². The molecule has 160 valence electrons. The molecule has 1 atom stereocenters. The van der Waals surface area contributed by atoms with Crippen LogP contribution >= 0.6 is 11.6 Å². The van der Waals surface area contributed by atoms with Crippen LogP contribution in [0.2, 0.25) is 5.02 Å². The summed E-state index contributed by atoms with van der Waals surface area (Å²) in [5.41, 5.74) is 3.85. The molecule has 1 aliphatic heterocycles. The van der Waals surface area contributed by atoms with Gasteiger partial charge in [-0.1, -0.05) is 35.9 Å². The number of carbonyl (C=O) groups excluding carboxylic acids is 2. The van der Waals surface area contributed by atoms with E-state index in [1.54, 1.807) is 23.2 Å². The van der Waals surface area contributed by atoms with Crippen molar-refractivity contribution >= 4 is 46.1 Å². The lowest BCUT2D eigenvalue weighted by Crippen LogP contribution is -2.31. The van der Waals surface area contributed by atoms with E-state index >= 15 is 0 Å². The molecule has 8 heteroatoms. The lowest BCUT2D eigenvalue weighted by atomic mass is 10.1. The maximum absolute atomic E-state index is 13.4. The number of amides is 2. The number of halogens is 1. The molecule has 2 aromatic carbocycles. The number of anilines is 2. The van der Waals surface area contributed by atoms with Crippen LogP contribution in [-0.4, -0.2) is 26.3 Å². The number of imidazole rings is 1. The van der Waals surface area contributed by atoms with Crippen molar-refractivity contribution in [1.29, 1.82) is 0 Å². The molecular formula is C24H20ClN5O2. The Morgan fingerprint density at radius 1 is 1.12 bits per heavy atom. The Hall–Kier alpha value is -3.71. The van der Waals surface area contributed by atoms with Crippen LogP contribution in [0.3, 0.4) is 0 Å². The van der Waals surface area contributed by atoms with Crippen molar-refractivity contribution in [3.63, 3.8) is 0 Å². The molecule has 0 saturated heterocycles. The molecule has 1 N–H and O–H groups in total. The number of aryl methyl sites for hydroxylation is 1. The minimum Gasteiger partial charge on any atom is -0.325 e. The Bertz CT molecular complexity index is 1330. The second kappa shape index (κ2) is 8.09. The number of nitrogens with one attached hydrogen (secondary N) is 1. The van der Waals surface area contributed by atoms with Crippen LogP contribution in [0, 0.1) is 6.92 Å². The van der Waals surface area contributed by atoms with Crippen LogP contribution in [0.15, 0.2) is 66.9 Å². The third-order valence-electron chi connectivity index (χ3n) is 5.51. The highest BCUT2D eigenvalue weighted by Gasteiger charge is 2.41. The highest BCUT2D eigenvalue weighted by atomic mass is 35.5. The van der Waals surface area contributed by atoms with Crippen molar-refractivity contribution < 1.29 is 9.59 Å². The first kappa shape index (κ1) is 20.2. The minimum atomic E-state index is -0.703. The van der Waals surface area contributed by atoms with Gasteiger partial charge in [0.1, 0.15) is 6.04 Å². The van der Waals surface area contributed by atoms with Gasteiger partial charge in [0, 0.05) is 6.20 Å². The molecule has 4 aromatic rings. The summed E-state index contributed by atoms with van der Waals surface area (Å²) in [4.78, 5) is 36.9. The fourth-order valence-electron chi connectivity index (χ4n) is 4.00. The van der Waals surface area contributed by atoms with Crippen molar-refractivity contribution in [3.05, 3.63) is 83.1 Å². The molecular weight excluding hydrogens is 426 g/mol. The lowest BCUT2D eigenvalue weighted by Gasteiger charge is -2.16. The Labute approximate surface area is 189 Å². The Morgan fingerprint density at radius 3 is 2.72 bits per heavy atom. The van der Waals surface area contributed by atoms with Crippen LogP contribution in [0.25, 0.3) is 11.0 Å². The van der Waals surface area contributed by atoms with Crippen LogP contribution < -0.4 is 10.2 Å². The topological polar surface area (TPSA) is 80.1 Å². The van der Waals surface area contributed by atoms with Crippen LogP contribution in [0.1, 0.15) is 23.7 Å². The number of para-hydroxylation sites is 2. The first-order chi connectivity index (χ1) is 15.5. The van der Waals surface area contributed by atoms with E-state index in [0.29, 0.717) is 16.7 Å². The summed E-state index contributed by atoms with van der Waals surface area (Å²) in [6.45, 7) is 2.21. The highest BCUT2D eigenvalue weighted by molar-refractivity contribution is 6.33. The third kappa shape index (κ3) is 3.61. The highest BCUT2D eigenvalue weighted by Crippen LogP contribution is 2.37. The van der Waals surface area contributed by atoms with Gasteiger partial charge in [-0.05, 0) is 48.9 Å². The zero-order valence-corrected chi connectivity index (χ0v) is 18.1. The molecule has 1 aliphatic rings. The largest absolute Gasteiger partial charge is 0.325 e. The SMILES string of the molecule is Cc1ccc(NC(=O)CC2C(=O)N(Cc3ccccn3)c3nc4ccccc4n32)c(Cl)c1. The molecule has 0 bridgehead atoms. The van der Waals surface area contributed by atoms with Crippen LogP contribution in [-0.2, 0) is 16.1 Å². The normalized spacial score (nSPS) is 15.2. The molecule has 0 saturated carbocycles. The van der Waals surface area contributed by atoms with Gasteiger partial charge in [-0.2, -0.15) is 0 Å². The van der Waals surface area contributed by atoms with E-state index < -0.39 is 6.04 Å². The predicted molar refractivity (Wildman–Crippen MR) is 124 cm³/mol. The predicted octanol–water partition coefficient (Wildman–Crippen LogP) is 4.51. The second-order valence-electron chi connectivity index (χ2n) is 7.77. The molecule has 1 unspecified atom stereocenters. The number of hydrogen-bond acceptors (Lipinski definition) is 4. The average molecular weight is 446 g/mol. The molecule has 7 nitrogen and oxygen atoms in total. The van der Waals surface area contributed by atoms with E-state index in [1.807, 2.05) is 60.0 Å². The number of fused-ring (bicyclic) bond motifs is 3. The van der Waals surface area contributed by atoms with Gasteiger partial charge in [0.25, 0.3) is 5.91 Å². The first-order valence-electron chi connectivity index (χ1n) is 10.3. The van der Waals surface area contributed by atoms with Gasteiger partial charge in [0.15, 0.2) is 0 Å². The van der Waals surface area contributed by atoms with Crippen molar-refractivity contribution in [2.24, 2.45) is 0 Å². The van der Waals surface area contributed by atoms with E-state index in [2.05, 4.69) is 15.3 Å². The van der Waals surface area contributed by atoms with E-state index in [-0.39, 0.29) is 24.8 Å². The number of pyridine rings is 1. The average Bonchev–Trinajstić information content (AvgIpc) is 3.27. The fourth-order valence-corrected chi connectivity index (χ4v) is 4.28. The number of benzene rings is 2. The van der Waals surface area contributed by atoms with Gasteiger partial charge >= 0.3 is 0 Å². The van der Waals surface area contributed by atoms with Gasteiger partial charge < -0.3 is 5.32 Å². The van der Waals surface area contributed by atoms with Crippen molar-refractivity contribution in [2.75, 3.05) is 10.2 Å². The molecule has 0 aliphatic carbocycles. The summed E-state index contributed by atoms with van der Waals surface area (Å²) >= 11 is 6.26. The fraction of sp³-hybridized carbons (Fsp3) is 0.167. The molecule has 5 rings (SSSR count). The number of hydrogen-bond donors (Lipinski definition) is 1. The third-order valence-corrected chi connectivity index (χ3v) is 5.82.